The topological polar surface area (TPSA) is 43.6 Å². The van der Waals surface area contributed by atoms with Gasteiger partial charge in [-0.3, -0.25) is 4.68 Å². The number of hydrogen-bond donors (Lipinski definition) is 0. The molecule has 1 saturated carbocycles. The highest BCUT2D eigenvalue weighted by Crippen LogP contribution is 2.39. The molecule has 0 spiro atoms. The van der Waals surface area contributed by atoms with Crippen LogP contribution in [0.3, 0.4) is 0 Å². The van der Waals surface area contributed by atoms with E-state index in [-0.39, 0.29) is 0 Å². The molecule has 2 unspecified atom stereocenters. The third-order valence-corrected chi connectivity index (χ3v) is 4.39. The smallest absolute Gasteiger partial charge is 0.133 e. The van der Waals surface area contributed by atoms with Crippen LogP contribution in [0.15, 0.2) is 18.5 Å². The van der Waals surface area contributed by atoms with E-state index in [4.69, 9.17) is 16.6 Å². The van der Waals surface area contributed by atoms with Gasteiger partial charge in [-0.25, -0.2) is 9.97 Å². The summed E-state index contributed by atoms with van der Waals surface area (Å²) in [4.78, 5) is 9.16. The summed E-state index contributed by atoms with van der Waals surface area (Å²) in [6.07, 6.45) is 8.64. The average molecular weight is 291 g/mol. The lowest BCUT2D eigenvalue weighted by molar-refractivity contribution is 0.516. The van der Waals surface area contributed by atoms with E-state index in [0.717, 1.165) is 23.0 Å². The Morgan fingerprint density at radius 3 is 2.85 bits per heavy atom. The molecule has 0 saturated heterocycles. The molecule has 2 atom stereocenters. The molecule has 0 N–H and O–H groups in total. The quantitative estimate of drug-likeness (QED) is 0.807. The number of halogens is 1. The van der Waals surface area contributed by atoms with E-state index in [1.165, 1.54) is 25.7 Å². The summed E-state index contributed by atoms with van der Waals surface area (Å²) in [6, 6.07) is 1.81. The molecule has 5 heteroatoms. The minimum Gasteiger partial charge on any atom is -0.275 e. The molecule has 2 aromatic heterocycles. The van der Waals surface area contributed by atoms with Crippen LogP contribution in [0.4, 0.5) is 0 Å². The van der Waals surface area contributed by atoms with Crippen molar-refractivity contribution < 1.29 is 0 Å². The van der Waals surface area contributed by atoms with Crippen LogP contribution in [0.2, 0.25) is 5.15 Å². The van der Waals surface area contributed by atoms with Gasteiger partial charge in [-0.1, -0.05) is 24.9 Å². The molecule has 2 aromatic rings. The lowest BCUT2D eigenvalue weighted by Crippen LogP contribution is -2.03. The second kappa shape index (κ2) is 5.52. The Morgan fingerprint density at radius 2 is 2.20 bits per heavy atom. The maximum atomic E-state index is 6.18. The van der Waals surface area contributed by atoms with Gasteiger partial charge in [-0.2, -0.15) is 5.10 Å². The zero-order valence-corrected chi connectivity index (χ0v) is 12.6. The zero-order valence-electron chi connectivity index (χ0n) is 11.9. The first-order chi connectivity index (χ1) is 9.65. The molecule has 1 aliphatic rings. The fourth-order valence-electron chi connectivity index (χ4n) is 3.00. The van der Waals surface area contributed by atoms with Crippen molar-refractivity contribution in [2.24, 2.45) is 13.0 Å². The minimum absolute atomic E-state index is 0.453. The Kier molecular flexibility index (Phi) is 3.74. The van der Waals surface area contributed by atoms with Crippen LogP contribution in [0.1, 0.15) is 44.3 Å². The number of hydrogen-bond acceptors (Lipinski definition) is 3. The van der Waals surface area contributed by atoms with Crippen molar-refractivity contribution in [1.82, 2.24) is 19.7 Å². The molecule has 20 heavy (non-hydrogen) atoms. The van der Waals surface area contributed by atoms with Gasteiger partial charge in [-0.05, 0) is 25.2 Å². The number of aromatic nitrogens is 4. The summed E-state index contributed by atoms with van der Waals surface area (Å²) in [7, 11) is 1.90. The highest BCUT2D eigenvalue weighted by Gasteiger charge is 2.27. The molecule has 0 radical (unpaired) electrons. The lowest BCUT2D eigenvalue weighted by atomic mass is 10.0. The van der Waals surface area contributed by atoms with Gasteiger partial charge in [0.1, 0.15) is 11.0 Å². The van der Waals surface area contributed by atoms with Crippen molar-refractivity contribution in [3.63, 3.8) is 0 Å². The van der Waals surface area contributed by atoms with Crippen molar-refractivity contribution >= 4 is 11.6 Å². The molecule has 3 rings (SSSR count). The summed E-state index contributed by atoms with van der Waals surface area (Å²) < 4.78 is 1.77. The predicted octanol–water partition coefficient (Wildman–Crippen LogP) is 3.82. The Bertz CT molecular complexity index is 608. The molecule has 0 amide bonds. The van der Waals surface area contributed by atoms with E-state index in [1.54, 1.807) is 4.68 Å². The molecule has 0 aliphatic heterocycles. The zero-order chi connectivity index (χ0) is 14.1. The molecule has 0 aromatic carbocycles. The lowest BCUT2D eigenvalue weighted by Gasteiger charge is -2.10. The monoisotopic (exact) mass is 290 g/mol. The summed E-state index contributed by atoms with van der Waals surface area (Å²) in [5.74, 6) is 2.16. The van der Waals surface area contributed by atoms with Gasteiger partial charge in [0, 0.05) is 30.8 Å². The average Bonchev–Trinajstić information content (AvgIpc) is 3.06. The van der Waals surface area contributed by atoms with Gasteiger partial charge in [0.15, 0.2) is 0 Å². The summed E-state index contributed by atoms with van der Waals surface area (Å²) in [5.41, 5.74) is 1.86. The second-order valence-electron chi connectivity index (χ2n) is 5.62. The number of rotatable bonds is 3. The van der Waals surface area contributed by atoms with E-state index in [9.17, 15) is 0 Å². The Balaban J connectivity index is 1.91. The standard InChI is InChI=1S/C15H19ClN4/c1-3-10-4-5-11(6-10)15-18-13(7-14(16)19-15)12-8-17-20(2)9-12/h7-11H,3-6H2,1-2H3. The van der Waals surface area contributed by atoms with Crippen molar-refractivity contribution in [2.45, 2.75) is 38.5 Å². The Hall–Kier alpha value is -1.42. The predicted molar refractivity (Wildman–Crippen MR) is 79.6 cm³/mol. The van der Waals surface area contributed by atoms with Crippen LogP contribution < -0.4 is 0 Å². The fourth-order valence-corrected chi connectivity index (χ4v) is 3.19. The first-order valence-electron chi connectivity index (χ1n) is 7.19. The van der Waals surface area contributed by atoms with Crippen molar-refractivity contribution in [1.29, 1.82) is 0 Å². The van der Waals surface area contributed by atoms with Crippen molar-refractivity contribution in [3.05, 3.63) is 29.4 Å². The number of nitrogens with zero attached hydrogens (tertiary/aromatic N) is 4. The first kappa shape index (κ1) is 13.6. The summed E-state index contributed by atoms with van der Waals surface area (Å²) in [6.45, 7) is 2.26. The van der Waals surface area contributed by atoms with Crippen LogP contribution in [-0.4, -0.2) is 19.7 Å². The third kappa shape index (κ3) is 2.70. The molecule has 1 aliphatic carbocycles. The van der Waals surface area contributed by atoms with Gasteiger partial charge in [-0.15, -0.1) is 0 Å². The summed E-state index contributed by atoms with van der Waals surface area (Å²) in [5, 5.41) is 4.71. The second-order valence-corrected chi connectivity index (χ2v) is 6.01. The largest absolute Gasteiger partial charge is 0.275 e. The SMILES string of the molecule is CCC1CCC(c2nc(Cl)cc(-c3cnn(C)c3)n2)C1. The third-order valence-electron chi connectivity index (χ3n) is 4.20. The number of aryl methyl sites for hydroxylation is 1. The van der Waals surface area contributed by atoms with Crippen LogP contribution in [-0.2, 0) is 7.05 Å². The molecule has 106 valence electrons. The fraction of sp³-hybridized carbons (Fsp3) is 0.533. The Labute approximate surface area is 124 Å². The van der Waals surface area contributed by atoms with Gasteiger partial charge in [0.2, 0.25) is 0 Å². The summed E-state index contributed by atoms with van der Waals surface area (Å²) >= 11 is 6.18. The van der Waals surface area contributed by atoms with Crippen LogP contribution in [0.25, 0.3) is 11.3 Å². The van der Waals surface area contributed by atoms with Crippen molar-refractivity contribution in [2.75, 3.05) is 0 Å². The van der Waals surface area contributed by atoms with Gasteiger partial charge < -0.3 is 0 Å². The van der Waals surface area contributed by atoms with Crippen LogP contribution in [0.5, 0.6) is 0 Å². The highest BCUT2D eigenvalue weighted by atomic mass is 35.5. The molecule has 1 fully saturated rings. The minimum atomic E-state index is 0.453. The van der Waals surface area contributed by atoms with Crippen LogP contribution in [0, 0.1) is 5.92 Å². The van der Waals surface area contributed by atoms with Gasteiger partial charge >= 0.3 is 0 Å². The normalized spacial score (nSPS) is 22.4. The van der Waals surface area contributed by atoms with E-state index < -0.39 is 0 Å². The van der Waals surface area contributed by atoms with Crippen molar-refractivity contribution in [3.8, 4) is 11.3 Å². The highest BCUT2D eigenvalue weighted by molar-refractivity contribution is 6.29. The van der Waals surface area contributed by atoms with E-state index in [2.05, 4.69) is 17.0 Å². The van der Waals surface area contributed by atoms with Crippen LogP contribution >= 0.6 is 11.6 Å². The Morgan fingerprint density at radius 1 is 1.35 bits per heavy atom. The van der Waals surface area contributed by atoms with E-state index >= 15 is 0 Å². The van der Waals surface area contributed by atoms with Gasteiger partial charge in [0.25, 0.3) is 0 Å². The molecule has 0 bridgehead atoms. The molecule has 2 heterocycles. The van der Waals surface area contributed by atoms with E-state index in [0.29, 0.717) is 11.1 Å². The molecular formula is C15H19ClN4. The maximum absolute atomic E-state index is 6.18. The molecular weight excluding hydrogens is 272 g/mol. The van der Waals surface area contributed by atoms with Gasteiger partial charge in [0.05, 0.1) is 11.9 Å². The van der Waals surface area contributed by atoms with E-state index in [1.807, 2.05) is 25.5 Å². The maximum Gasteiger partial charge on any atom is 0.133 e. The molecule has 4 nitrogen and oxygen atoms in total. The first-order valence-corrected chi connectivity index (χ1v) is 7.57.